The third kappa shape index (κ3) is 3.70. The first-order valence-corrected chi connectivity index (χ1v) is 7.16. The molecule has 1 saturated carbocycles. The number of likely N-dealkylation sites (tertiary alicyclic amines) is 1. The normalized spacial score (nSPS) is 30.8. The highest BCUT2D eigenvalue weighted by atomic mass is 16.2. The maximum absolute atomic E-state index is 12.1. The number of amides is 1. The lowest BCUT2D eigenvalue weighted by Gasteiger charge is -2.35. The lowest BCUT2D eigenvalue weighted by molar-refractivity contribution is -0.133. The number of hydrogen-bond acceptors (Lipinski definition) is 2. The van der Waals surface area contributed by atoms with Crippen LogP contribution in [0.4, 0.5) is 0 Å². The largest absolute Gasteiger partial charge is 0.341 e. The quantitative estimate of drug-likeness (QED) is 0.816. The average molecular weight is 238 g/mol. The van der Waals surface area contributed by atoms with Gasteiger partial charge in [-0.15, -0.1) is 0 Å². The van der Waals surface area contributed by atoms with Crippen LogP contribution in [0.1, 0.15) is 46.0 Å². The molecule has 0 aromatic carbocycles. The molecule has 2 atom stereocenters. The van der Waals surface area contributed by atoms with Gasteiger partial charge in [0.2, 0.25) is 5.91 Å². The van der Waals surface area contributed by atoms with Gasteiger partial charge in [-0.2, -0.15) is 0 Å². The van der Waals surface area contributed by atoms with Gasteiger partial charge in [0, 0.05) is 19.1 Å². The van der Waals surface area contributed by atoms with Crippen LogP contribution in [0.5, 0.6) is 0 Å². The standard InChI is InChI=1S/C14H26N2O/c1-11-7-12(2)10-16(9-11)14(17)8-15-13-5-3-4-6-13/h11-13,15H,3-10H2,1-2H3. The van der Waals surface area contributed by atoms with Crippen LogP contribution in [0.2, 0.25) is 0 Å². The molecular weight excluding hydrogens is 212 g/mol. The molecule has 2 fully saturated rings. The van der Waals surface area contributed by atoms with Gasteiger partial charge in [0.15, 0.2) is 0 Å². The predicted octanol–water partition coefficient (Wildman–Crippen LogP) is 2.02. The second kappa shape index (κ2) is 5.85. The summed E-state index contributed by atoms with van der Waals surface area (Å²) in [5.41, 5.74) is 0. The van der Waals surface area contributed by atoms with Gasteiger partial charge in [-0.25, -0.2) is 0 Å². The van der Waals surface area contributed by atoms with Crippen LogP contribution in [0.15, 0.2) is 0 Å². The van der Waals surface area contributed by atoms with Gasteiger partial charge in [-0.05, 0) is 31.1 Å². The molecule has 3 heteroatoms. The molecule has 2 rings (SSSR count). The van der Waals surface area contributed by atoms with E-state index in [1.54, 1.807) is 0 Å². The molecule has 17 heavy (non-hydrogen) atoms. The van der Waals surface area contributed by atoms with Crippen molar-refractivity contribution in [3.63, 3.8) is 0 Å². The van der Waals surface area contributed by atoms with Crippen molar-refractivity contribution in [2.75, 3.05) is 19.6 Å². The van der Waals surface area contributed by atoms with E-state index >= 15 is 0 Å². The summed E-state index contributed by atoms with van der Waals surface area (Å²) in [6.07, 6.45) is 6.41. The number of carbonyl (C=O) groups is 1. The molecule has 0 aromatic rings. The van der Waals surface area contributed by atoms with E-state index in [4.69, 9.17) is 0 Å². The number of carbonyl (C=O) groups excluding carboxylic acids is 1. The van der Waals surface area contributed by atoms with Crippen molar-refractivity contribution < 1.29 is 4.79 Å². The molecule has 1 N–H and O–H groups in total. The highest BCUT2D eigenvalue weighted by Crippen LogP contribution is 2.21. The summed E-state index contributed by atoms with van der Waals surface area (Å²) in [7, 11) is 0. The van der Waals surface area contributed by atoms with Crippen molar-refractivity contribution in [1.82, 2.24) is 10.2 Å². The zero-order valence-corrected chi connectivity index (χ0v) is 11.2. The van der Waals surface area contributed by atoms with Gasteiger partial charge >= 0.3 is 0 Å². The SMILES string of the molecule is CC1CC(C)CN(C(=O)CNC2CCCC2)C1. The molecule has 1 saturated heterocycles. The summed E-state index contributed by atoms with van der Waals surface area (Å²) in [6, 6.07) is 0.596. The first kappa shape index (κ1) is 12.9. The second-order valence-electron chi connectivity index (χ2n) is 6.11. The van der Waals surface area contributed by atoms with E-state index in [1.807, 2.05) is 0 Å². The van der Waals surface area contributed by atoms with Gasteiger partial charge in [-0.1, -0.05) is 26.7 Å². The Morgan fingerprint density at radius 3 is 2.35 bits per heavy atom. The van der Waals surface area contributed by atoms with Gasteiger partial charge in [0.25, 0.3) is 0 Å². The zero-order valence-electron chi connectivity index (χ0n) is 11.2. The number of hydrogen-bond donors (Lipinski definition) is 1. The van der Waals surface area contributed by atoms with Crippen molar-refractivity contribution in [1.29, 1.82) is 0 Å². The van der Waals surface area contributed by atoms with Crippen molar-refractivity contribution in [2.45, 2.75) is 52.0 Å². The summed E-state index contributed by atoms with van der Waals surface area (Å²) >= 11 is 0. The van der Waals surface area contributed by atoms with Crippen LogP contribution in [0, 0.1) is 11.8 Å². The predicted molar refractivity (Wildman–Crippen MR) is 69.8 cm³/mol. The summed E-state index contributed by atoms with van der Waals surface area (Å²) in [6.45, 7) is 6.95. The summed E-state index contributed by atoms with van der Waals surface area (Å²) in [5.74, 6) is 1.62. The third-order valence-electron chi connectivity index (χ3n) is 4.12. The van der Waals surface area contributed by atoms with E-state index in [0.717, 1.165) is 13.1 Å². The van der Waals surface area contributed by atoms with E-state index in [1.165, 1.54) is 32.1 Å². The fraction of sp³-hybridized carbons (Fsp3) is 0.929. The molecule has 1 aliphatic carbocycles. The molecule has 98 valence electrons. The van der Waals surface area contributed by atoms with Gasteiger partial charge in [-0.3, -0.25) is 4.79 Å². The Bertz CT molecular complexity index is 251. The third-order valence-corrected chi connectivity index (χ3v) is 4.12. The van der Waals surface area contributed by atoms with Crippen LogP contribution >= 0.6 is 0 Å². The van der Waals surface area contributed by atoms with Crippen LogP contribution in [0.25, 0.3) is 0 Å². The molecule has 2 unspecified atom stereocenters. The molecule has 0 bridgehead atoms. The molecule has 3 nitrogen and oxygen atoms in total. The lowest BCUT2D eigenvalue weighted by Crippen LogP contribution is -2.47. The molecule has 0 aromatic heterocycles. The minimum atomic E-state index is 0.301. The van der Waals surface area contributed by atoms with Crippen LogP contribution in [0.3, 0.4) is 0 Å². The van der Waals surface area contributed by atoms with E-state index in [0.29, 0.717) is 30.3 Å². The maximum atomic E-state index is 12.1. The zero-order chi connectivity index (χ0) is 12.3. The number of nitrogens with zero attached hydrogens (tertiary/aromatic N) is 1. The number of rotatable bonds is 3. The molecule has 0 spiro atoms. The Kier molecular flexibility index (Phi) is 4.43. The Morgan fingerprint density at radius 2 is 1.76 bits per heavy atom. The van der Waals surface area contributed by atoms with Crippen LogP contribution in [-0.2, 0) is 4.79 Å². The number of nitrogens with one attached hydrogen (secondary N) is 1. The minimum absolute atomic E-state index is 0.301. The number of piperidine rings is 1. The van der Waals surface area contributed by atoms with Crippen molar-refractivity contribution in [2.24, 2.45) is 11.8 Å². The topological polar surface area (TPSA) is 32.3 Å². The highest BCUT2D eigenvalue weighted by molar-refractivity contribution is 5.78. The Hall–Kier alpha value is -0.570. The fourth-order valence-corrected chi connectivity index (χ4v) is 3.34. The van der Waals surface area contributed by atoms with Gasteiger partial charge in [0.05, 0.1) is 6.54 Å². The van der Waals surface area contributed by atoms with Crippen molar-refractivity contribution in [3.8, 4) is 0 Å². The minimum Gasteiger partial charge on any atom is -0.341 e. The highest BCUT2D eigenvalue weighted by Gasteiger charge is 2.25. The summed E-state index contributed by atoms with van der Waals surface area (Å²) in [5, 5.41) is 3.42. The molecule has 1 heterocycles. The van der Waals surface area contributed by atoms with E-state index in [2.05, 4.69) is 24.1 Å². The maximum Gasteiger partial charge on any atom is 0.236 e. The van der Waals surface area contributed by atoms with E-state index < -0.39 is 0 Å². The first-order valence-electron chi connectivity index (χ1n) is 7.16. The van der Waals surface area contributed by atoms with Crippen molar-refractivity contribution in [3.05, 3.63) is 0 Å². The van der Waals surface area contributed by atoms with Gasteiger partial charge < -0.3 is 10.2 Å². The van der Waals surface area contributed by atoms with E-state index in [-0.39, 0.29) is 0 Å². The second-order valence-corrected chi connectivity index (χ2v) is 6.11. The molecular formula is C14H26N2O. The van der Waals surface area contributed by atoms with Gasteiger partial charge in [0.1, 0.15) is 0 Å². The summed E-state index contributed by atoms with van der Waals surface area (Å²) in [4.78, 5) is 14.2. The lowest BCUT2D eigenvalue weighted by atomic mass is 9.92. The smallest absolute Gasteiger partial charge is 0.236 e. The fourth-order valence-electron chi connectivity index (χ4n) is 3.34. The molecule has 1 amide bonds. The van der Waals surface area contributed by atoms with Crippen LogP contribution < -0.4 is 5.32 Å². The molecule has 2 aliphatic rings. The Morgan fingerprint density at radius 1 is 1.18 bits per heavy atom. The average Bonchev–Trinajstić information content (AvgIpc) is 2.77. The first-order chi connectivity index (χ1) is 8.15. The molecule has 1 aliphatic heterocycles. The molecule has 0 radical (unpaired) electrons. The monoisotopic (exact) mass is 238 g/mol. The van der Waals surface area contributed by atoms with Crippen molar-refractivity contribution >= 4 is 5.91 Å². The van der Waals surface area contributed by atoms with Crippen LogP contribution in [-0.4, -0.2) is 36.5 Å². The summed E-state index contributed by atoms with van der Waals surface area (Å²) < 4.78 is 0. The Labute approximate surface area is 105 Å². The Balaban J connectivity index is 1.74. The van der Waals surface area contributed by atoms with E-state index in [9.17, 15) is 4.79 Å².